The van der Waals surface area contributed by atoms with Crippen LogP contribution in [0.25, 0.3) is 0 Å². The summed E-state index contributed by atoms with van der Waals surface area (Å²) in [4.78, 5) is 0. The second kappa shape index (κ2) is 58.5. The van der Waals surface area contributed by atoms with Gasteiger partial charge in [-0.05, 0) is 77.7 Å². The molecule has 0 aromatic rings. The summed E-state index contributed by atoms with van der Waals surface area (Å²) in [6, 6.07) is 0. The maximum atomic E-state index is 5.27. The molecule has 0 spiro atoms. The van der Waals surface area contributed by atoms with Crippen molar-refractivity contribution in [1.29, 1.82) is 0 Å². The zero-order valence-electron chi connectivity index (χ0n) is 36.9. The van der Waals surface area contributed by atoms with Crippen molar-refractivity contribution >= 4 is 0 Å². The standard InChI is InChI=1S/C13H20.C12H16.C12H20.C5H8.C3H4.3C2H6/c1-5-7-8-10-13(9-6-2)11-12(3)4;1-3-7-11(2)10-12-8-5-4-6-9-12;1-6-10(3)8-9-12(5)11(4)7-2;1-3-5-4-2;1-3-2;3*1-2/h5,7-8,11H,1,3,6,9-10H2,2,4H3;4-8,10H,3,9H2,1-2H3;1,8-12H,7H2,2-5H3;3-5H,1H2,2H3;1H,2H3;3*1-2H3/b8-7+,13-11+;11-7-,12-10-;9-8-;5-4-;;;;/t;;10?,11-,12?;;;;;/m..0...../s1. The largest absolute Gasteiger partial charge is 0.120 e. The molecule has 0 radical (unpaired) electrons. The van der Waals surface area contributed by atoms with E-state index in [4.69, 9.17) is 6.42 Å². The number of terminal acetylenes is 2. The second-order valence-corrected chi connectivity index (χ2v) is 11.0. The second-order valence-electron chi connectivity index (χ2n) is 11.0. The van der Waals surface area contributed by atoms with Crippen LogP contribution >= 0.6 is 0 Å². The van der Waals surface area contributed by atoms with Gasteiger partial charge in [0.1, 0.15) is 0 Å². The fourth-order valence-corrected chi connectivity index (χ4v) is 3.62. The molecule has 0 aromatic heterocycles. The summed E-state index contributed by atoms with van der Waals surface area (Å²) in [6.45, 7) is 43.9. The Balaban J connectivity index is -0.0000000964. The molecule has 0 amide bonds. The van der Waals surface area contributed by atoms with E-state index in [1.54, 1.807) is 13.0 Å². The van der Waals surface area contributed by atoms with Gasteiger partial charge in [0.25, 0.3) is 0 Å². The maximum absolute atomic E-state index is 5.27. The van der Waals surface area contributed by atoms with Crippen molar-refractivity contribution in [2.45, 2.75) is 149 Å². The van der Waals surface area contributed by atoms with Gasteiger partial charge in [-0.25, -0.2) is 0 Å². The fourth-order valence-electron chi connectivity index (χ4n) is 3.62. The Bertz CT molecular complexity index is 1070. The van der Waals surface area contributed by atoms with E-state index in [0.717, 1.165) is 37.2 Å². The predicted molar refractivity (Wildman–Crippen MR) is 246 cm³/mol. The van der Waals surface area contributed by atoms with Crippen LogP contribution in [0.3, 0.4) is 0 Å². The van der Waals surface area contributed by atoms with E-state index in [0.29, 0.717) is 5.92 Å². The predicted octanol–water partition coefficient (Wildman–Crippen LogP) is 17.2. The van der Waals surface area contributed by atoms with Crippen LogP contribution in [0, 0.1) is 42.4 Å². The first kappa shape index (κ1) is 62.4. The quantitative estimate of drug-likeness (QED) is 0.102. The van der Waals surface area contributed by atoms with Gasteiger partial charge in [0.2, 0.25) is 0 Å². The number of rotatable bonds is 13. The number of hydrogen-bond acceptors (Lipinski definition) is 0. The van der Waals surface area contributed by atoms with Crippen molar-refractivity contribution in [3.05, 3.63) is 133 Å². The summed E-state index contributed by atoms with van der Waals surface area (Å²) >= 11 is 0. The molecule has 1 rings (SSSR count). The Labute approximate surface area is 323 Å². The zero-order valence-corrected chi connectivity index (χ0v) is 36.9. The monoisotopic (exact) mass is 699 g/mol. The summed E-state index contributed by atoms with van der Waals surface area (Å²) in [5.41, 5.74) is 5.36. The van der Waals surface area contributed by atoms with Crippen LogP contribution < -0.4 is 0 Å². The van der Waals surface area contributed by atoms with Gasteiger partial charge in [0, 0.05) is 5.92 Å². The zero-order chi connectivity index (χ0) is 41.3. The minimum absolute atomic E-state index is 0.275. The van der Waals surface area contributed by atoms with Gasteiger partial charge < -0.3 is 0 Å². The molecule has 0 bridgehead atoms. The van der Waals surface area contributed by atoms with Crippen LogP contribution in [0.5, 0.6) is 0 Å². The van der Waals surface area contributed by atoms with Gasteiger partial charge in [0.05, 0.1) is 0 Å². The molecular formula is C51H86. The summed E-state index contributed by atoms with van der Waals surface area (Å²) in [5.74, 6) is 6.61. The minimum Gasteiger partial charge on any atom is -0.120 e. The molecule has 0 aromatic carbocycles. The molecular weight excluding hydrogens is 613 g/mol. The van der Waals surface area contributed by atoms with E-state index in [2.05, 4.69) is 140 Å². The first-order valence-electron chi connectivity index (χ1n) is 19.6. The van der Waals surface area contributed by atoms with Crippen LogP contribution in [0.1, 0.15) is 149 Å². The van der Waals surface area contributed by atoms with Gasteiger partial charge in [-0.2, -0.15) is 0 Å². The van der Waals surface area contributed by atoms with Crippen LogP contribution in [0.15, 0.2) is 133 Å². The van der Waals surface area contributed by atoms with Crippen molar-refractivity contribution in [3.63, 3.8) is 0 Å². The molecule has 1 aliphatic carbocycles. The molecule has 1 aliphatic rings. The Hall–Kier alpha value is -3.74. The molecule has 0 saturated carbocycles. The summed E-state index contributed by atoms with van der Waals surface area (Å²) < 4.78 is 0. The fraction of sp³-hybridized carbons (Fsp3) is 0.490. The van der Waals surface area contributed by atoms with Crippen molar-refractivity contribution in [2.75, 3.05) is 0 Å². The van der Waals surface area contributed by atoms with Gasteiger partial charge >= 0.3 is 0 Å². The molecule has 0 saturated heterocycles. The molecule has 0 N–H and O–H groups in total. The highest BCUT2D eigenvalue weighted by Gasteiger charge is 2.05. The van der Waals surface area contributed by atoms with Gasteiger partial charge in [-0.15, -0.1) is 18.8 Å². The molecule has 0 nitrogen and oxygen atoms in total. The van der Waals surface area contributed by atoms with Crippen molar-refractivity contribution in [3.8, 4) is 24.7 Å². The van der Waals surface area contributed by atoms with Crippen molar-refractivity contribution in [1.82, 2.24) is 0 Å². The number of hydrogen-bond donors (Lipinski definition) is 0. The Morgan fingerprint density at radius 2 is 1.45 bits per heavy atom. The first-order chi connectivity index (χ1) is 24.5. The van der Waals surface area contributed by atoms with E-state index < -0.39 is 0 Å². The first-order valence-corrected chi connectivity index (χ1v) is 19.6. The molecule has 51 heavy (non-hydrogen) atoms. The number of allylic oxidation sites excluding steroid dienone is 19. The molecule has 3 atom stereocenters. The smallest absolute Gasteiger partial charge is 0.0351 e. The average molecular weight is 699 g/mol. The van der Waals surface area contributed by atoms with E-state index in [1.165, 1.54) is 29.6 Å². The molecule has 0 heteroatoms. The van der Waals surface area contributed by atoms with Crippen LogP contribution in [-0.4, -0.2) is 0 Å². The third-order valence-corrected chi connectivity index (χ3v) is 6.36. The molecule has 0 fully saturated rings. The highest BCUT2D eigenvalue weighted by atomic mass is 14.1. The van der Waals surface area contributed by atoms with Gasteiger partial charge in [-0.1, -0.05) is 223 Å². The molecule has 0 aliphatic heterocycles. The van der Waals surface area contributed by atoms with Crippen LogP contribution in [0.4, 0.5) is 0 Å². The molecule has 0 heterocycles. The van der Waals surface area contributed by atoms with E-state index in [9.17, 15) is 0 Å². The van der Waals surface area contributed by atoms with Crippen molar-refractivity contribution < 1.29 is 0 Å². The Morgan fingerprint density at radius 1 is 0.902 bits per heavy atom. The van der Waals surface area contributed by atoms with E-state index in [1.807, 2.05) is 86.6 Å². The average Bonchev–Trinajstić information content (AvgIpc) is 3.14. The van der Waals surface area contributed by atoms with Crippen LogP contribution in [0.2, 0.25) is 0 Å². The highest BCUT2D eigenvalue weighted by Crippen LogP contribution is 2.16. The lowest BCUT2D eigenvalue weighted by atomic mass is 9.92. The molecule has 2 unspecified atom stereocenters. The van der Waals surface area contributed by atoms with Crippen LogP contribution in [-0.2, 0) is 0 Å². The molecule has 290 valence electrons. The van der Waals surface area contributed by atoms with Crippen molar-refractivity contribution in [2.24, 2.45) is 17.8 Å². The third-order valence-electron chi connectivity index (χ3n) is 6.36. The SMILES string of the molecule is C#CC.C#CC(C)/C=C\C(C)[C@@H](C)CC.C=C/C=C/C/C(=C/C(=C)C)CCC.C=C/C=C\C.CC.CC.CC.CC/C=C(C)\C=C1\C=CC=CC1. The topological polar surface area (TPSA) is 0 Å². The van der Waals surface area contributed by atoms with E-state index >= 15 is 0 Å². The highest BCUT2D eigenvalue weighted by molar-refractivity contribution is 5.35. The normalized spacial score (nSPS) is 13.6. The summed E-state index contributed by atoms with van der Waals surface area (Å²) in [5, 5.41) is 0. The lowest BCUT2D eigenvalue weighted by molar-refractivity contribution is 0.445. The van der Waals surface area contributed by atoms with E-state index in [-0.39, 0.29) is 5.92 Å². The Morgan fingerprint density at radius 3 is 1.80 bits per heavy atom. The van der Waals surface area contributed by atoms with Gasteiger partial charge in [0.15, 0.2) is 0 Å². The summed E-state index contributed by atoms with van der Waals surface area (Å²) in [6.07, 6.45) is 47.8. The van der Waals surface area contributed by atoms with Gasteiger partial charge in [-0.3, -0.25) is 0 Å². The third kappa shape index (κ3) is 61.9. The lowest BCUT2D eigenvalue weighted by Crippen LogP contribution is -2.03. The lowest BCUT2D eigenvalue weighted by Gasteiger charge is -2.13. The minimum atomic E-state index is 0.275. The Kier molecular flexibility index (Phi) is 71.5. The maximum Gasteiger partial charge on any atom is 0.0351 e. The summed E-state index contributed by atoms with van der Waals surface area (Å²) in [7, 11) is 0.